The number of benzene rings is 2. The average molecular weight is 440 g/mol. The van der Waals surface area contributed by atoms with Gasteiger partial charge in [-0.1, -0.05) is 43.2 Å². The van der Waals surface area contributed by atoms with E-state index < -0.39 is 5.91 Å². The average Bonchev–Trinajstić information content (AvgIpc) is 3.35. The van der Waals surface area contributed by atoms with Crippen LogP contribution in [-0.2, 0) is 6.42 Å². The Labute approximate surface area is 189 Å². The number of carbonyl (C=O) groups is 1. The van der Waals surface area contributed by atoms with Gasteiger partial charge < -0.3 is 11.5 Å². The number of aromatic nitrogens is 3. The molecule has 0 atom stereocenters. The van der Waals surface area contributed by atoms with E-state index in [0.29, 0.717) is 5.65 Å². The van der Waals surface area contributed by atoms with Gasteiger partial charge in [0.1, 0.15) is 5.56 Å². The molecule has 7 heteroatoms. The first-order valence-electron chi connectivity index (χ1n) is 9.99. The van der Waals surface area contributed by atoms with Gasteiger partial charge in [0.2, 0.25) is 0 Å². The number of rotatable bonds is 3. The van der Waals surface area contributed by atoms with Crippen LogP contribution in [0.1, 0.15) is 27.7 Å². The molecule has 0 saturated carbocycles. The highest BCUT2D eigenvalue weighted by molar-refractivity contribution is 7.19. The molecule has 0 aliphatic heterocycles. The first-order valence-corrected chi connectivity index (χ1v) is 10.8. The lowest BCUT2D eigenvalue weighted by molar-refractivity contribution is 0.100. The Kier molecular flexibility index (Phi) is 5.88. The molecule has 0 radical (unpaired) electrons. The molecule has 0 unspecified atom stereocenters. The monoisotopic (exact) mass is 439 g/mol. The van der Waals surface area contributed by atoms with Crippen LogP contribution in [0.5, 0.6) is 0 Å². The number of primary amides is 1. The number of nitrogens with two attached hydrogens (primary N) is 2. The van der Waals surface area contributed by atoms with Crippen molar-refractivity contribution in [2.45, 2.75) is 13.3 Å². The number of nitrogens with zero attached hydrogens (tertiary/aromatic N) is 3. The number of thiophene rings is 1. The zero-order valence-electron chi connectivity index (χ0n) is 17.4. The SMILES string of the molecule is C#Cc1ccc2sc(CC)c(-c3ccccc3)c2c1.NC(=O)c1c(N)nn2cccnc12. The first-order chi connectivity index (χ1) is 15.5. The molecule has 0 aliphatic carbocycles. The molecule has 4 N–H and O–H groups in total. The molecule has 6 nitrogen and oxygen atoms in total. The number of hydrogen-bond donors (Lipinski definition) is 2. The molecule has 0 saturated heterocycles. The van der Waals surface area contributed by atoms with E-state index in [1.54, 1.807) is 18.5 Å². The van der Waals surface area contributed by atoms with Gasteiger partial charge >= 0.3 is 0 Å². The summed E-state index contributed by atoms with van der Waals surface area (Å²) in [4.78, 5) is 16.3. The maximum atomic E-state index is 10.9. The molecule has 2 aromatic carbocycles. The maximum absolute atomic E-state index is 10.9. The minimum absolute atomic E-state index is 0.103. The van der Waals surface area contributed by atoms with Crippen LogP contribution in [0.25, 0.3) is 26.9 Å². The van der Waals surface area contributed by atoms with Crippen LogP contribution in [-0.4, -0.2) is 20.5 Å². The van der Waals surface area contributed by atoms with Crippen molar-refractivity contribution in [2.75, 3.05) is 5.73 Å². The standard InChI is InChI=1S/C18H14S.C7H7N5O/c1-3-13-10-11-17-15(12-13)18(16(4-2)19-17)14-8-6-5-7-9-14;8-5-4(6(9)13)7-10-2-1-3-12(7)11-5/h1,5-12H,4H2,2H3;1-3H,(H2,8,11)(H2,9,13). The predicted molar refractivity (Wildman–Crippen MR) is 130 cm³/mol. The Morgan fingerprint density at radius 2 is 1.97 bits per heavy atom. The molecule has 3 aromatic heterocycles. The summed E-state index contributed by atoms with van der Waals surface area (Å²) in [6.45, 7) is 2.21. The quantitative estimate of drug-likeness (QED) is 0.404. The van der Waals surface area contributed by atoms with Crippen LogP contribution >= 0.6 is 11.3 Å². The van der Waals surface area contributed by atoms with Crippen molar-refractivity contribution in [3.63, 3.8) is 0 Å². The Morgan fingerprint density at radius 1 is 1.19 bits per heavy atom. The topological polar surface area (TPSA) is 99.3 Å². The molecule has 0 bridgehead atoms. The second-order valence-electron chi connectivity index (χ2n) is 6.99. The van der Waals surface area contributed by atoms with Crippen molar-refractivity contribution in [2.24, 2.45) is 5.73 Å². The van der Waals surface area contributed by atoms with Gasteiger partial charge in [-0.15, -0.1) is 22.9 Å². The third kappa shape index (κ3) is 3.92. The van der Waals surface area contributed by atoms with E-state index in [-0.39, 0.29) is 11.4 Å². The second kappa shape index (κ2) is 8.92. The second-order valence-corrected chi connectivity index (χ2v) is 8.12. The number of terminal acetylenes is 1. The van der Waals surface area contributed by atoms with E-state index in [4.69, 9.17) is 17.9 Å². The summed E-state index contributed by atoms with van der Waals surface area (Å²) in [7, 11) is 0. The summed E-state index contributed by atoms with van der Waals surface area (Å²) in [6, 6.07) is 18.5. The van der Waals surface area contributed by atoms with Crippen molar-refractivity contribution in [3.8, 4) is 23.5 Å². The Hall–Kier alpha value is -4.15. The Balaban J connectivity index is 0.000000165. The lowest BCUT2D eigenvalue weighted by atomic mass is 10.00. The van der Waals surface area contributed by atoms with Crippen molar-refractivity contribution < 1.29 is 4.79 Å². The van der Waals surface area contributed by atoms with Gasteiger partial charge in [0.25, 0.3) is 5.91 Å². The molecule has 0 spiro atoms. The van der Waals surface area contributed by atoms with Crippen molar-refractivity contribution in [3.05, 3.63) is 83.0 Å². The van der Waals surface area contributed by atoms with Crippen LogP contribution < -0.4 is 11.5 Å². The fourth-order valence-corrected chi connectivity index (χ4v) is 4.70. The van der Waals surface area contributed by atoms with Crippen molar-refractivity contribution >= 4 is 38.8 Å². The van der Waals surface area contributed by atoms with Crippen molar-refractivity contribution in [1.82, 2.24) is 14.6 Å². The molecule has 0 aliphatic rings. The highest BCUT2D eigenvalue weighted by Crippen LogP contribution is 2.39. The van der Waals surface area contributed by atoms with Crippen LogP contribution in [0.2, 0.25) is 0 Å². The number of amides is 1. The van der Waals surface area contributed by atoms with E-state index in [2.05, 4.69) is 65.4 Å². The molecule has 32 heavy (non-hydrogen) atoms. The lowest BCUT2D eigenvalue weighted by Gasteiger charge is -2.03. The molecular formula is C25H21N5OS. The minimum Gasteiger partial charge on any atom is -0.381 e. The number of hydrogen-bond acceptors (Lipinski definition) is 5. The van der Waals surface area contributed by atoms with Crippen molar-refractivity contribution in [1.29, 1.82) is 0 Å². The zero-order chi connectivity index (χ0) is 22.7. The van der Waals surface area contributed by atoms with E-state index in [0.717, 1.165) is 12.0 Å². The smallest absolute Gasteiger partial charge is 0.256 e. The number of carbonyl (C=O) groups excluding carboxylic acids is 1. The molecule has 0 fully saturated rings. The van der Waals surface area contributed by atoms with Crippen LogP contribution in [0.4, 0.5) is 5.82 Å². The van der Waals surface area contributed by atoms with Crippen LogP contribution in [0, 0.1) is 12.3 Å². The molecule has 5 aromatic rings. The molecular weight excluding hydrogens is 418 g/mol. The molecule has 3 heterocycles. The van der Waals surface area contributed by atoms with E-state index in [1.807, 2.05) is 17.4 Å². The van der Waals surface area contributed by atoms with Gasteiger partial charge in [-0.05, 0) is 36.2 Å². The summed E-state index contributed by atoms with van der Waals surface area (Å²) in [5.41, 5.74) is 14.7. The predicted octanol–water partition coefficient (Wildman–Crippen LogP) is 4.52. The van der Waals surface area contributed by atoms with Gasteiger partial charge in [0.05, 0.1) is 0 Å². The number of nitrogen functional groups attached to an aromatic ring is 1. The lowest BCUT2D eigenvalue weighted by Crippen LogP contribution is -2.12. The van der Waals surface area contributed by atoms with Crippen LogP contribution in [0.15, 0.2) is 67.0 Å². The highest BCUT2D eigenvalue weighted by atomic mass is 32.1. The molecule has 1 amide bonds. The summed E-state index contributed by atoms with van der Waals surface area (Å²) in [5, 5.41) is 5.15. The fraction of sp³-hybridized carbons (Fsp3) is 0.0800. The summed E-state index contributed by atoms with van der Waals surface area (Å²) < 4.78 is 2.73. The maximum Gasteiger partial charge on any atom is 0.256 e. The van der Waals surface area contributed by atoms with Gasteiger partial charge in [-0.3, -0.25) is 4.79 Å². The zero-order valence-corrected chi connectivity index (χ0v) is 18.3. The summed E-state index contributed by atoms with van der Waals surface area (Å²) >= 11 is 1.87. The molecule has 5 rings (SSSR count). The largest absolute Gasteiger partial charge is 0.381 e. The van der Waals surface area contributed by atoms with Gasteiger partial charge in [0.15, 0.2) is 11.5 Å². The normalized spacial score (nSPS) is 10.5. The van der Waals surface area contributed by atoms with Gasteiger partial charge in [0, 0.05) is 38.5 Å². The number of anilines is 1. The Bertz CT molecular complexity index is 1460. The van der Waals surface area contributed by atoms with Crippen LogP contribution in [0.3, 0.4) is 0 Å². The number of fused-ring (bicyclic) bond motifs is 2. The number of aryl methyl sites for hydroxylation is 1. The minimum atomic E-state index is -0.619. The summed E-state index contributed by atoms with van der Waals surface area (Å²) in [6.07, 6.45) is 9.76. The highest BCUT2D eigenvalue weighted by Gasteiger charge is 2.15. The van der Waals surface area contributed by atoms with Gasteiger partial charge in [-0.25, -0.2) is 9.50 Å². The van der Waals surface area contributed by atoms with E-state index in [9.17, 15) is 4.79 Å². The Morgan fingerprint density at radius 3 is 2.66 bits per heavy atom. The first kappa shape index (κ1) is 21.1. The van der Waals surface area contributed by atoms with Gasteiger partial charge in [-0.2, -0.15) is 0 Å². The third-order valence-electron chi connectivity index (χ3n) is 4.98. The third-order valence-corrected chi connectivity index (χ3v) is 6.30. The fourth-order valence-electron chi connectivity index (χ4n) is 3.55. The van der Waals surface area contributed by atoms with E-state index in [1.165, 1.54) is 30.6 Å². The molecule has 158 valence electrons. The van der Waals surface area contributed by atoms with E-state index >= 15 is 0 Å². The summed E-state index contributed by atoms with van der Waals surface area (Å²) in [5.74, 6) is 2.21.